The fraction of sp³-hybridized carbons (Fsp3) is 0.316. The molecule has 0 radical (unpaired) electrons. The summed E-state index contributed by atoms with van der Waals surface area (Å²) in [6.07, 6.45) is 1.000. The number of anilines is 1. The van der Waals surface area contributed by atoms with Gasteiger partial charge in [0.1, 0.15) is 12.6 Å². The van der Waals surface area contributed by atoms with Crippen LogP contribution in [0.5, 0.6) is 0 Å². The predicted molar refractivity (Wildman–Crippen MR) is 185 cm³/mol. The van der Waals surface area contributed by atoms with Crippen LogP contribution < -0.4 is 9.62 Å². The van der Waals surface area contributed by atoms with Gasteiger partial charge >= 0.3 is 0 Å². The molecule has 0 fully saturated rings. The van der Waals surface area contributed by atoms with Crippen molar-refractivity contribution in [2.45, 2.75) is 77.9 Å². The Morgan fingerprint density at radius 3 is 1.98 bits per heavy atom. The van der Waals surface area contributed by atoms with Gasteiger partial charge in [0.15, 0.2) is 0 Å². The summed E-state index contributed by atoms with van der Waals surface area (Å²) in [6, 6.07) is 28.5. The second kappa shape index (κ2) is 15.2. The molecule has 0 bridgehead atoms. The molecular weight excluding hydrogens is 595 g/mol. The molecule has 8 heteroatoms. The number of rotatable bonds is 13. The van der Waals surface area contributed by atoms with E-state index in [0.717, 1.165) is 39.8 Å². The van der Waals surface area contributed by atoms with Gasteiger partial charge in [-0.05, 0) is 81.5 Å². The molecule has 4 aromatic rings. The molecule has 0 heterocycles. The fourth-order valence-electron chi connectivity index (χ4n) is 5.24. The Hall–Kier alpha value is -4.43. The minimum atomic E-state index is -4.16. The van der Waals surface area contributed by atoms with E-state index in [9.17, 15) is 18.0 Å². The summed E-state index contributed by atoms with van der Waals surface area (Å²) in [5, 5.41) is 3.08. The van der Waals surface area contributed by atoms with E-state index >= 15 is 0 Å². The molecule has 0 saturated heterocycles. The van der Waals surface area contributed by atoms with E-state index in [1.54, 1.807) is 36.4 Å². The van der Waals surface area contributed by atoms with Gasteiger partial charge in [0.05, 0.1) is 10.6 Å². The number of benzene rings is 4. The molecule has 7 nitrogen and oxygen atoms in total. The van der Waals surface area contributed by atoms with E-state index in [2.05, 4.69) is 5.32 Å². The van der Waals surface area contributed by atoms with E-state index in [1.807, 2.05) is 102 Å². The number of nitrogens with one attached hydrogen (secondary N) is 1. The Kier molecular flexibility index (Phi) is 11.4. The maximum atomic E-state index is 14.7. The number of hydrogen-bond acceptors (Lipinski definition) is 4. The number of carbonyl (C=O) groups is 2. The second-order valence-electron chi connectivity index (χ2n) is 12.1. The van der Waals surface area contributed by atoms with Gasteiger partial charge in [-0.3, -0.25) is 13.9 Å². The summed E-state index contributed by atoms with van der Waals surface area (Å²) >= 11 is 0. The van der Waals surface area contributed by atoms with Gasteiger partial charge in [-0.25, -0.2) is 8.42 Å². The van der Waals surface area contributed by atoms with Crippen LogP contribution in [-0.2, 0) is 32.6 Å². The lowest BCUT2D eigenvalue weighted by Gasteiger charge is -2.34. The molecule has 2 amide bonds. The number of aryl methyl sites for hydroxylation is 3. The van der Waals surface area contributed by atoms with Gasteiger partial charge in [-0.1, -0.05) is 96.9 Å². The Bertz CT molecular complexity index is 1740. The zero-order valence-electron chi connectivity index (χ0n) is 27.7. The lowest BCUT2D eigenvalue weighted by molar-refractivity contribution is -0.140. The molecule has 2 unspecified atom stereocenters. The molecule has 0 saturated carbocycles. The Labute approximate surface area is 274 Å². The molecule has 0 spiro atoms. The highest BCUT2D eigenvalue weighted by atomic mass is 32.2. The summed E-state index contributed by atoms with van der Waals surface area (Å²) < 4.78 is 29.8. The van der Waals surface area contributed by atoms with Crippen LogP contribution in [-0.4, -0.2) is 43.8 Å². The van der Waals surface area contributed by atoms with Crippen molar-refractivity contribution < 1.29 is 18.0 Å². The van der Waals surface area contributed by atoms with Crippen LogP contribution in [0.2, 0.25) is 0 Å². The molecular formula is C38H45N3O4S. The lowest BCUT2D eigenvalue weighted by Crippen LogP contribution is -2.54. The number of nitrogens with zero attached hydrogens (tertiary/aromatic N) is 2. The first kappa shape index (κ1) is 34.4. The van der Waals surface area contributed by atoms with Gasteiger partial charge in [-0.15, -0.1) is 0 Å². The van der Waals surface area contributed by atoms with Crippen molar-refractivity contribution in [3.8, 4) is 0 Å². The van der Waals surface area contributed by atoms with Crippen molar-refractivity contribution in [3.63, 3.8) is 0 Å². The van der Waals surface area contributed by atoms with Crippen LogP contribution >= 0.6 is 0 Å². The molecule has 4 rings (SSSR count). The van der Waals surface area contributed by atoms with Gasteiger partial charge in [-0.2, -0.15) is 0 Å². The normalized spacial score (nSPS) is 12.7. The monoisotopic (exact) mass is 639 g/mol. The molecule has 46 heavy (non-hydrogen) atoms. The first-order chi connectivity index (χ1) is 21.9. The highest BCUT2D eigenvalue weighted by molar-refractivity contribution is 7.92. The molecule has 2 atom stereocenters. The van der Waals surface area contributed by atoms with Crippen molar-refractivity contribution in [2.75, 3.05) is 10.8 Å². The molecule has 0 aliphatic rings. The molecule has 0 aromatic heterocycles. The minimum Gasteiger partial charge on any atom is -0.352 e. The summed E-state index contributed by atoms with van der Waals surface area (Å²) in [5.74, 6) is -0.754. The van der Waals surface area contributed by atoms with E-state index in [-0.39, 0.29) is 29.8 Å². The molecule has 4 aromatic carbocycles. The summed E-state index contributed by atoms with van der Waals surface area (Å²) in [7, 11) is -4.16. The topological polar surface area (TPSA) is 86.8 Å². The molecule has 1 N–H and O–H groups in total. The molecule has 242 valence electrons. The van der Waals surface area contributed by atoms with Crippen LogP contribution in [0.3, 0.4) is 0 Å². The largest absolute Gasteiger partial charge is 0.352 e. The van der Waals surface area contributed by atoms with E-state index in [1.165, 1.54) is 9.21 Å². The van der Waals surface area contributed by atoms with Crippen molar-refractivity contribution in [1.29, 1.82) is 0 Å². The van der Waals surface area contributed by atoms with Gasteiger partial charge < -0.3 is 10.2 Å². The van der Waals surface area contributed by atoms with Crippen molar-refractivity contribution in [3.05, 3.63) is 130 Å². The second-order valence-corrected chi connectivity index (χ2v) is 13.9. The third-order valence-corrected chi connectivity index (χ3v) is 10.3. The summed E-state index contributed by atoms with van der Waals surface area (Å²) in [5.41, 5.74) is 5.82. The summed E-state index contributed by atoms with van der Waals surface area (Å²) in [4.78, 5) is 30.3. The average Bonchev–Trinajstić information content (AvgIpc) is 3.04. The average molecular weight is 640 g/mol. The maximum absolute atomic E-state index is 14.7. The number of hydrogen-bond donors (Lipinski definition) is 1. The summed E-state index contributed by atoms with van der Waals surface area (Å²) in [6.45, 7) is 11.2. The number of sulfonamides is 1. The third-order valence-electron chi connectivity index (χ3n) is 8.48. The maximum Gasteiger partial charge on any atom is 0.264 e. The van der Waals surface area contributed by atoms with Crippen LogP contribution in [0.4, 0.5) is 5.69 Å². The van der Waals surface area contributed by atoms with Crippen molar-refractivity contribution in [2.24, 2.45) is 0 Å². The highest BCUT2D eigenvalue weighted by Gasteiger charge is 2.35. The van der Waals surface area contributed by atoms with Crippen LogP contribution in [0.25, 0.3) is 0 Å². The van der Waals surface area contributed by atoms with Crippen LogP contribution in [0.15, 0.2) is 102 Å². The Balaban J connectivity index is 1.83. The van der Waals surface area contributed by atoms with Crippen LogP contribution in [0.1, 0.15) is 53.6 Å². The van der Waals surface area contributed by atoms with Crippen molar-refractivity contribution in [1.82, 2.24) is 10.2 Å². The highest BCUT2D eigenvalue weighted by Crippen LogP contribution is 2.29. The molecule has 0 aliphatic heterocycles. The Morgan fingerprint density at radius 2 is 1.37 bits per heavy atom. The van der Waals surface area contributed by atoms with E-state index in [4.69, 9.17) is 0 Å². The zero-order chi connectivity index (χ0) is 33.4. The predicted octanol–water partition coefficient (Wildman–Crippen LogP) is 6.67. The number of carbonyl (C=O) groups excluding carboxylic acids is 2. The SMILES string of the molecule is CCC(C)NC(=O)C(Cc1ccccc1)N(Cc1ccc(C)cc1)C(=O)CN(c1cccc(C)c1C)S(=O)(=O)c1ccc(C)cc1. The van der Waals surface area contributed by atoms with Crippen LogP contribution in [0, 0.1) is 27.7 Å². The van der Waals surface area contributed by atoms with E-state index in [0.29, 0.717) is 5.69 Å². The fourth-order valence-corrected chi connectivity index (χ4v) is 6.71. The van der Waals surface area contributed by atoms with E-state index < -0.39 is 28.5 Å². The van der Waals surface area contributed by atoms with Gasteiger partial charge in [0.2, 0.25) is 11.8 Å². The Morgan fingerprint density at radius 1 is 0.761 bits per heavy atom. The first-order valence-electron chi connectivity index (χ1n) is 15.8. The lowest BCUT2D eigenvalue weighted by atomic mass is 10.0. The van der Waals surface area contributed by atoms with Crippen molar-refractivity contribution >= 4 is 27.5 Å². The smallest absolute Gasteiger partial charge is 0.264 e. The number of amides is 2. The van der Waals surface area contributed by atoms with Gasteiger partial charge in [0, 0.05) is 19.0 Å². The molecule has 0 aliphatic carbocycles. The third kappa shape index (κ3) is 8.43. The van der Waals surface area contributed by atoms with Gasteiger partial charge in [0.25, 0.3) is 10.0 Å². The first-order valence-corrected chi connectivity index (χ1v) is 17.2. The minimum absolute atomic E-state index is 0.0900. The quantitative estimate of drug-likeness (QED) is 0.177. The standard InChI is InChI=1S/C38H45N3O4S/c1-7-30(5)39-38(43)36(24-32-13-9-8-10-14-32)40(25-33-20-16-27(2)17-21-33)37(42)26-41(35-15-11-12-29(4)31(35)6)46(44,45)34-22-18-28(3)19-23-34/h8-23,30,36H,7,24-26H2,1-6H3,(H,39,43). The zero-order valence-corrected chi connectivity index (χ0v) is 28.5.